The van der Waals surface area contributed by atoms with Crippen LogP contribution >= 0.6 is 11.6 Å². The highest BCUT2D eigenvalue weighted by Crippen LogP contribution is 2.10. The van der Waals surface area contributed by atoms with Gasteiger partial charge in [0.1, 0.15) is 0 Å². The summed E-state index contributed by atoms with van der Waals surface area (Å²) in [6, 6.07) is 7.93. The number of likely N-dealkylation sites (N-methyl/N-ethyl adjacent to an activating group) is 1. The maximum Gasteiger partial charge on any atom is 0.191 e. The molecule has 1 aliphatic heterocycles. The van der Waals surface area contributed by atoms with Crippen molar-refractivity contribution in [2.75, 3.05) is 46.9 Å². The van der Waals surface area contributed by atoms with E-state index in [1.165, 1.54) is 5.56 Å². The van der Waals surface area contributed by atoms with Gasteiger partial charge in [-0.05, 0) is 31.2 Å². The van der Waals surface area contributed by atoms with E-state index in [9.17, 15) is 0 Å². The van der Waals surface area contributed by atoms with Gasteiger partial charge in [0.05, 0.1) is 12.7 Å². The van der Waals surface area contributed by atoms with Gasteiger partial charge in [0.25, 0.3) is 0 Å². The second-order valence-electron chi connectivity index (χ2n) is 5.51. The standard InChI is InChI=1S/C16H25ClN4O/c1-18-16(20-11-15-12-21(2)8-9-22-15)19-7-6-13-4-3-5-14(17)10-13/h3-5,10,15H,6-9,11-12H2,1-2H3,(H2,18,19,20). The van der Waals surface area contributed by atoms with E-state index in [0.717, 1.165) is 50.2 Å². The molecule has 22 heavy (non-hydrogen) atoms. The van der Waals surface area contributed by atoms with Crippen LogP contribution in [0, 0.1) is 0 Å². The van der Waals surface area contributed by atoms with Crippen LogP contribution in [0.25, 0.3) is 0 Å². The average Bonchev–Trinajstić information content (AvgIpc) is 2.51. The zero-order valence-corrected chi connectivity index (χ0v) is 14.1. The molecule has 122 valence electrons. The summed E-state index contributed by atoms with van der Waals surface area (Å²) in [5.74, 6) is 0.804. The molecule has 1 aromatic rings. The first kappa shape index (κ1) is 17.1. The lowest BCUT2D eigenvalue weighted by molar-refractivity contribution is -0.0161. The Bertz CT molecular complexity index is 495. The molecule has 0 bridgehead atoms. The molecule has 1 heterocycles. The van der Waals surface area contributed by atoms with Gasteiger partial charge in [0.2, 0.25) is 0 Å². The monoisotopic (exact) mass is 324 g/mol. The second-order valence-corrected chi connectivity index (χ2v) is 5.95. The summed E-state index contributed by atoms with van der Waals surface area (Å²) in [6.07, 6.45) is 1.12. The maximum absolute atomic E-state index is 5.99. The van der Waals surface area contributed by atoms with Crippen molar-refractivity contribution in [2.45, 2.75) is 12.5 Å². The minimum atomic E-state index is 0.213. The molecule has 2 N–H and O–H groups in total. The third-order valence-corrected chi connectivity index (χ3v) is 3.89. The van der Waals surface area contributed by atoms with Crippen LogP contribution in [-0.4, -0.2) is 63.8 Å². The van der Waals surface area contributed by atoms with Crippen molar-refractivity contribution in [1.29, 1.82) is 0 Å². The third kappa shape index (κ3) is 5.83. The number of nitrogens with one attached hydrogen (secondary N) is 2. The van der Waals surface area contributed by atoms with Crippen molar-refractivity contribution in [3.63, 3.8) is 0 Å². The van der Waals surface area contributed by atoms with Gasteiger partial charge in [-0.25, -0.2) is 0 Å². The van der Waals surface area contributed by atoms with Gasteiger partial charge in [0.15, 0.2) is 5.96 Å². The van der Waals surface area contributed by atoms with E-state index in [1.807, 2.05) is 18.2 Å². The number of hydrogen-bond acceptors (Lipinski definition) is 3. The Morgan fingerprint density at radius 1 is 1.45 bits per heavy atom. The van der Waals surface area contributed by atoms with Gasteiger partial charge in [-0.3, -0.25) is 4.99 Å². The minimum absolute atomic E-state index is 0.213. The van der Waals surface area contributed by atoms with Crippen LogP contribution < -0.4 is 10.6 Å². The molecule has 1 aliphatic rings. The smallest absolute Gasteiger partial charge is 0.191 e. The van der Waals surface area contributed by atoms with Gasteiger partial charge in [-0.2, -0.15) is 0 Å². The summed E-state index contributed by atoms with van der Waals surface area (Å²) in [4.78, 5) is 6.52. The number of nitrogens with zero attached hydrogens (tertiary/aromatic N) is 2. The van der Waals surface area contributed by atoms with Crippen molar-refractivity contribution in [2.24, 2.45) is 4.99 Å². The van der Waals surface area contributed by atoms with Gasteiger partial charge in [-0.1, -0.05) is 23.7 Å². The SMILES string of the molecule is CN=C(NCCc1cccc(Cl)c1)NCC1CN(C)CCO1. The van der Waals surface area contributed by atoms with Crippen LogP contribution in [0.1, 0.15) is 5.56 Å². The highest BCUT2D eigenvalue weighted by atomic mass is 35.5. The number of benzene rings is 1. The summed E-state index contributed by atoms with van der Waals surface area (Å²) in [5.41, 5.74) is 1.22. The van der Waals surface area contributed by atoms with Crippen molar-refractivity contribution in [3.05, 3.63) is 34.9 Å². The number of guanidine groups is 1. The van der Waals surface area contributed by atoms with Crippen LogP contribution in [0.2, 0.25) is 5.02 Å². The molecular formula is C16H25ClN4O. The normalized spacial score (nSPS) is 20.0. The molecule has 0 saturated carbocycles. The molecule has 1 saturated heterocycles. The Kier molecular flexibility index (Phi) is 6.96. The Morgan fingerprint density at radius 2 is 2.32 bits per heavy atom. The van der Waals surface area contributed by atoms with Crippen LogP contribution in [0.5, 0.6) is 0 Å². The topological polar surface area (TPSA) is 48.9 Å². The molecule has 1 fully saturated rings. The largest absolute Gasteiger partial charge is 0.374 e. The van der Waals surface area contributed by atoms with Gasteiger partial charge < -0.3 is 20.3 Å². The van der Waals surface area contributed by atoms with Crippen LogP contribution in [0.4, 0.5) is 0 Å². The predicted octanol–water partition coefficient (Wildman–Crippen LogP) is 1.38. The first-order valence-corrected chi connectivity index (χ1v) is 8.04. The van der Waals surface area contributed by atoms with Crippen molar-refractivity contribution >= 4 is 17.6 Å². The minimum Gasteiger partial charge on any atom is -0.374 e. The number of halogens is 1. The molecule has 0 spiro atoms. The zero-order chi connectivity index (χ0) is 15.8. The molecule has 5 nitrogen and oxygen atoms in total. The molecular weight excluding hydrogens is 300 g/mol. The van der Waals surface area contributed by atoms with Crippen LogP contribution in [0.15, 0.2) is 29.3 Å². The second kappa shape index (κ2) is 8.98. The molecule has 2 rings (SSSR count). The summed E-state index contributed by atoms with van der Waals surface area (Å²) >= 11 is 5.99. The Balaban J connectivity index is 1.69. The molecule has 1 atom stereocenters. The van der Waals surface area contributed by atoms with Crippen LogP contribution in [0.3, 0.4) is 0 Å². The third-order valence-electron chi connectivity index (χ3n) is 3.66. The van der Waals surface area contributed by atoms with Crippen molar-refractivity contribution in [1.82, 2.24) is 15.5 Å². The Labute approximate surface area is 137 Å². The number of hydrogen-bond donors (Lipinski definition) is 2. The molecule has 6 heteroatoms. The number of ether oxygens (including phenoxy) is 1. The number of rotatable bonds is 5. The first-order chi connectivity index (χ1) is 10.7. The zero-order valence-electron chi connectivity index (χ0n) is 13.3. The quantitative estimate of drug-likeness (QED) is 0.634. The molecule has 0 aliphatic carbocycles. The molecule has 0 radical (unpaired) electrons. The Morgan fingerprint density at radius 3 is 3.05 bits per heavy atom. The van der Waals surface area contributed by atoms with Gasteiger partial charge >= 0.3 is 0 Å². The van der Waals surface area contributed by atoms with Gasteiger partial charge in [-0.15, -0.1) is 0 Å². The van der Waals surface area contributed by atoms with E-state index in [1.54, 1.807) is 7.05 Å². The lowest BCUT2D eigenvalue weighted by Gasteiger charge is -2.30. The van der Waals surface area contributed by atoms with Crippen molar-refractivity contribution < 1.29 is 4.74 Å². The summed E-state index contributed by atoms with van der Waals surface area (Å²) in [6.45, 7) is 4.33. The van der Waals surface area contributed by atoms with Crippen LogP contribution in [-0.2, 0) is 11.2 Å². The molecule has 1 aromatic carbocycles. The lowest BCUT2D eigenvalue weighted by atomic mass is 10.1. The summed E-state index contributed by atoms with van der Waals surface area (Å²) in [5, 5.41) is 7.41. The number of morpholine rings is 1. The molecule has 1 unspecified atom stereocenters. The number of aliphatic imine (C=N–C) groups is 1. The fourth-order valence-electron chi connectivity index (χ4n) is 2.44. The fourth-order valence-corrected chi connectivity index (χ4v) is 2.65. The molecule has 0 aromatic heterocycles. The fraction of sp³-hybridized carbons (Fsp3) is 0.562. The van der Waals surface area contributed by atoms with E-state index in [4.69, 9.17) is 16.3 Å². The molecule has 0 amide bonds. The Hall–Kier alpha value is -1.30. The lowest BCUT2D eigenvalue weighted by Crippen LogP contribution is -2.48. The van der Waals surface area contributed by atoms with Gasteiger partial charge in [0, 0.05) is 38.2 Å². The van der Waals surface area contributed by atoms with E-state index >= 15 is 0 Å². The highest BCUT2D eigenvalue weighted by molar-refractivity contribution is 6.30. The van der Waals surface area contributed by atoms with E-state index in [2.05, 4.69) is 33.6 Å². The summed E-state index contributed by atoms with van der Waals surface area (Å²) < 4.78 is 5.73. The maximum atomic E-state index is 5.99. The first-order valence-electron chi connectivity index (χ1n) is 7.66. The van der Waals surface area contributed by atoms with E-state index in [0.29, 0.717) is 0 Å². The van der Waals surface area contributed by atoms with E-state index < -0.39 is 0 Å². The predicted molar refractivity (Wildman–Crippen MR) is 91.8 cm³/mol. The van der Waals surface area contributed by atoms with E-state index in [-0.39, 0.29) is 6.10 Å². The van der Waals surface area contributed by atoms with Crippen molar-refractivity contribution in [3.8, 4) is 0 Å². The summed E-state index contributed by atoms with van der Waals surface area (Å²) in [7, 11) is 3.90. The highest BCUT2D eigenvalue weighted by Gasteiger charge is 2.17. The average molecular weight is 325 g/mol.